The Morgan fingerprint density at radius 1 is 1.33 bits per heavy atom. The lowest BCUT2D eigenvalue weighted by Gasteiger charge is -2.45. The van der Waals surface area contributed by atoms with E-state index in [1.165, 1.54) is 12.5 Å². The second kappa shape index (κ2) is 5.27. The highest BCUT2D eigenvalue weighted by molar-refractivity contribution is 5.47. The van der Waals surface area contributed by atoms with Gasteiger partial charge in [-0.3, -0.25) is 0 Å². The molecule has 1 saturated carbocycles. The number of hydrogen-bond acceptors (Lipinski definition) is 2. The van der Waals surface area contributed by atoms with Gasteiger partial charge in [-0.15, -0.1) is 0 Å². The molecular formula is C15H22FNO. The summed E-state index contributed by atoms with van der Waals surface area (Å²) >= 11 is 0. The average Bonchev–Trinajstić information content (AvgIpc) is 2.36. The molecule has 1 aliphatic carbocycles. The number of nitrogens with one attached hydrogen (secondary N) is 1. The van der Waals surface area contributed by atoms with Gasteiger partial charge < -0.3 is 10.4 Å². The zero-order chi connectivity index (χ0) is 13.2. The fourth-order valence-electron chi connectivity index (χ4n) is 3.00. The van der Waals surface area contributed by atoms with Crippen LogP contribution in [0, 0.1) is 17.7 Å². The van der Waals surface area contributed by atoms with Gasteiger partial charge in [0.2, 0.25) is 0 Å². The van der Waals surface area contributed by atoms with Gasteiger partial charge in [-0.1, -0.05) is 32.4 Å². The Morgan fingerprint density at radius 2 is 2.06 bits per heavy atom. The van der Waals surface area contributed by atoms with E-state index in [1.807, 2.05) is 6.07 Å². The van der Waals surface area contributed by atoms with E-state index in [1.54, 1.807) is 12.1 Å². The molecule has 18 heavy (non-hydrogen) atoms. The first-order valence-electron chi connectivity index (χ1n) is 6.71. The van der Waals surface area contributed by atoms with Crippen LogP contribution in [0.5, 0.6) is 0 Å². The van der Waals surface area contributed by atoms with Gasteiger partial charge in [0.05, 0.1) is 17.8 Å². The quantitative estimate of drug-likeness (QED) is 0.862. The third-order valence-corrected chi connectivity index (χ3v) is 4.29. The SMILES string of the molecule is CC1CCC(C)C(CO)(Nc2ccccc2F)C1. The van der Waals surface area contributed by atoms with Crippen molar-refractivity contribution in [2.24, 2.45) is 11.8 Å². The van der Waals surface area contributed by atoms with Crippen LogP contribution in [-0.4, -0.2) is 17.3 Å². The highest BCUT2D eigenvalue weighted by Gasteiger charge is 2.40. The van der Waals surface area contributed by atoms with Crippen LogP contribution in [0.3, 0.4) is 0 Å². The zero-order valence-electron chi connectivity index (χ0n) is 11.1. The smallest absolute Gasteiger partial charge is 0.146 e. The number of aliphatic hydroxyl groups excluding tert-OH is 1. The molecule has 0 spiro atoms. The van der Waals surface area contributed by atoms with E-state index in [2.05, 4.69) is 19.2 Å². The van der Waals surface area contributed by atoms with Gasteiger partial charge in [-0.2, -0.15) is 0 Å². The summed E-state index contributed by atoms with van der Waals surface area (Å²) in [7, 11) is 0. The van der Waals surface area contributed by atoms with Crippen molar-refractivity contribution in [3.05, 3.63) is 30.1 Å². The molecule has 0 heterocycles. The normalized spacial score (nSPS) is 32.2. The summed E-state index contributed by atoms with van der Waals surface area (Å²) in [6, 6.07) is 6.68. The monoisotopic (exact) mass is 251 g/mol. The summed E-state index contributed by atoms with van der Waals surface area (Å²) in [5.41, 5.74) is 0.104. The topological polar surface area (TPSA) is 32.3 Å². The largest absolute Gasteiger partial charge is 0.394 e. The van der Waals surface area contributed by atoms with Crippen LogP contribution < -0.4 is 5.32 Å². The van der Waals surface area contributed by atoms with E-state index in [4.69, 9.17) is 0 Å². The fraction of sp³-hybridized carbons (Fsp3) is 0.600. The minimum absolute atomic E-state index is 0.0485. The molecule has 0 bridgehead atoms. The highest BCUT2D eigenvalue weighted by Crippen LogP contribution is 2.39. The molecular weight excluding hydrogens is 229 g/mol. The third kappa shape index (κ3) is 2.51. The van der Waals surface area contributed by atoms with Crippen molar-refractivity contribution in [3.63, 3.8) is 0 Å². The summed E-state index contributed by atoms with van der Waals surface area (Å²) in [6.45, 7) is 4.38. The number of hydrogen-bond donors (Lipinski definition) is 2. The first-order chi connectivity index (χ1) is 8.57. The number of benzene rings is 1. The van der Waals surface area contributed by atoms with Crippen LogP contribution in [0.4, 0.5) is 10.1 Å². The van der Waals surface area contributed by atoms with E-state index in [-0.39, 0.29) is 18.0 Å². The van der Waals surface area contributed by atoms with Gasteiger partial charge in [-0.05, 0) is 36.8 Å². The van der Waals surface area contributed by atoms with E-state index >= 15 is 0 Å². The summed E-state index contributed by atoms with van der Waals surface area (Å²) in [5, 5.41) is 13.1. The Morgan fingerprint density at radius 3 is 2.72 bits per heavy atom. The Bertz CT molecular complexity index is 409. The second-order valence-electron chi connectivity index (χ2n) is 5.71. The molecule has 0 aromatic heterocycles. The second-order valence-corrected chi connectivity index (χ2v) is 5.71. The number of aliphatic hydroxyl groups is 1. The lowest BCUT2D eigenvalue weighted by atomic mass is 9.70. The molecule has 0 saturated heterocycles. The average molecular weight is 251 g/mol. The minimum atomic E-state index is -0.389. The van der Waals surface area contributed by atoms with E-state index < -0.39 is 0 Å². The van der Waals surface area contributed by atoms with Gasteiger partial charge in [0.15, 0.2) is 0 Å². The van der Waals surface area contributed by atoms with Gasteiger partial charge in [0.25, 0.3) is 0 Å². The van der Waals surface area contributed by atoms with Gasteiger partial charge in [0, 0.05) is 0 Å². The Kier molecular flexibility index (Phi) is 3.91. The maximum Gasteiger partial charge on any atom is 0.146 e. The number of rotatable bonds is 3. The van der Waals surface area contributed by atoms with Crippen LogP contribution in [-0.2, 0) is 0 Å². The van der Waals surface area contributed by atoms with Crippen LogP contribution in [0.2, 0.25) is 0 Å². The fourth-order valence-corrected chi connectivity index (χ4v) is 3.00. The molecule has 0 aliphatic heterocycles. The van der Waals surface area contributed by atoms with Crippen molar-refractivity contribution in [1.29, 1.82) is 0 Å². The molecule has 100 valence electrons. The molecule has 1 aromatic carbocycles. The van der Waals surface area contributed by atoms with Gasteiger partial charge in [0.1, 0.15) is 5.82 Å². The molecule has 0 radical (unpaired) electrons. The van der Waals surface area contributed by atoms with Gasteiger partial charge in [-0.25, -0.2) is 4.39 Å². The first-order valence-corrected chi connectivity index (χ1v) is 6.71. The van der Waals surface area contributed by atoms with E-state index in [9.17, 15) is 9.50 Å². The maximum atomic E-state index is 13.7. The van der Waals surface area contributed by atoms with Crippen molar-refractivity contribution >= 4 is 5.69 Å². The predicted molar refractivity (Wildman–Crippen MR) is 72.0 cm³/mol. The van der Waals surface area contributed by atoms with Crippen molar-refractivity contribution < 1.29 is 9.50 Å². The molecule has 2 nitrogen and oxygen atoms in total. The molecule has 2 N–H and O–H groups in total. The van der Waals surface area contributed by atoms with E-state index in [0.29, 0.717) is 17.5 Å². The molecule has 1 fully saturated rings. The zero-order valence-corrected chi connectivity index (χ0v) is 11.1. The summed E-state index contributed by atoms with van der Waals surface area (Å²) in [4.78, 5) is 0. The first kappa shape index (κ1) is 13.3. The molecule has 3 heteroatoms. The van der Waals surface area contributed by atoms with Gasteiger partial charge >= 0.3 is 0 Å². The lowest BCUT2D eigenvalue weighted by molar-refractivity contribution is 0.103. The molecule has 0 amide bonds. The molecule has 3 atom stereocenters. The number of anilines is 1. The van der Waals surface area contributed by atoms with Crippen LogP contribution in [0.25, 0.3) is 0 Å². The van der Waals surface area contributed by atoms with Crippen LogP contribution in [0.15, 0.2) is 24.3 Å². The van der Waals surface area contributed by atoms with Crippen LogP contribution in [0.1, 0.15) is 33.1 Å². The maximum absolute atomic E-state index is 13.7. The van der Waals surface area contributed by atoms with E-state index in [0.717, 1.165) is 12.8 Å². The molecule has 3 unspecified atom stereocenters. The van der Waals surface area contributed by atoms with Crippen molar-refractivity contribution in [2.75, 3.05) is 11.9 Å². The Hall–Kier alpha value is -1.09. The number of para-hydroxylation sites is 1. The Labute approximate surface area is 108 Å². The molecule has 1 aromatic rings. The lowest BCUT2D eigenvalue weighted by Crippen LogP contribution is -2.51. The highest BCUT2D eigenvalue weighted by atomic mass is 19.1. The van der Waals surface area contributed by atoms with Crippen molar-refractivity contribution in [3.8, 4) is 0 Å². The minimum Gasteiger partial charge on any atom is -0.394 e. The van der Waals surface area contributed by atoms with Crippen molar-refractivity contribution in [1.82, 2.24) is 0 Å². The standard InChI is InChI=1S/C15H22FNO/c1-11-7-8-12(2)15(9-11,10-18)17-14-6-4-3-5-13(14)16/h3-6,11-12,17-18H,7-10H2,1-2H3. The number of halogens is 1. The predicted octanol–water partition coefficient (Wildman–Crippen LogP) is 3.42. The summed E-state index contributed by atoms with van der Waals surface area (Å²) in [5.74, 6) is 0.654. The molecule has 1 aliphatic rings. The summed E-state index contributed by atoms with van der Waals surface area (Å²) < 4.78 is 13.7. The Balaban J connectivity index is 2.24. The molecule has 2 rings (SSSR count). The third-order valence-electron chi connectivity index (χ3n) is 4.29. The van der Waals surface area contributed by atoms with Crippen LogP contribution >= 0.6 is 0 Å². The summed E-state index contributed by atoms with van der Waals surface area (Å²) in [6.07, 6.45) is 3.14. The van der Waals surface area contributed by atoms with Crippen molar-refractivity contribution in [2.45, 2.75) is 38.6 Å².